The molecule has 0 aliphatic heterocycles. The Bertz CT molecular complexity index is 720. The molecule has 2 atom stereocenters. The number of carbonyl (C=O) groups excluding carboxylic acids is 2. The van der Waals surface area contributed by atoms with Gasteiger partial charge in [-0.1, -0.05) is 38.0 Å². The summed E-state index contributed by atoms with van der Waals surface area (Å²) in [5.41, 5.74) is 2.19. The lowest BCUT2D eigenvalue weighted by Gasteiger charge is -2.25. The number of para-hydroxylation sites is 1. The van der Waals surface area contributed by atoms with E-state index in [0.717, 1.165) is 35.7 Å². The van der Waals surface area contributed by atoms with Gasteiger partial charge in [-0.05, 0) is 18.1 Å². The summed E-state index contributed by atoms with van der Waals surface area (Å²) in [5, 5.41) is 3.90. The molecule has 0 saturated carbocycles. The molecule has 1 N–H and O–H groups in total. The van der Waals surface area contributed by atoms with Gasteiger partial charge in [0, 0.05) is 37.0 Å². The largest absolute Gasteiger partial charge is 0.467 e. The Morgan fingerprint density at radius 1 is 1.29 bits per heavy atom. The number of aromatic nitrogens is 1. The highest BCUT2D eigenvalue weighted by Gasteiger charge is 2.32. The predicted octanol–water partition coefficient (Wildman–Crippen LogP) is 3.13. The van der Waals surface area contributed by atoms with Crippen molar-refractivity contribution in [1.82, 2.24) is 9.88 Å². The lowest BCUT2D eigenvalue weighted by molar-refractivity contribution is -0.145. The molecule has 2 rings (SSSR count). The predicted molar refractivity (Wildman–Crippen MR) is 94.8 cm³/mol. The fourth-order valence-corrected chi connectivity index (χ4v) is 3.26. The van der Waals surface area contributed by atoms with Gasteiger partial charge in [0.2, 0.25) is 5.91 Å². The average Bonchev–Trinajstić information content (AvgIpc) is 2.90. The fraction of sp³-hybridized carbons (Fsp3) is 0.474. The highest BCUT2D eigenvalue weighted by molar-refractivity contribution is 5.88. The van der Waals surface area contributed by atoms with Crippen molar-refractivity contribution in [3.05, 3.63) is 36.0 Å². The third-order valence-electron chi connectivity index (χ3n) is 4.41. The molecule has 24 heavy (non-hydrogen) atoms. The van der Waals surface area contributed by atoms with Crippen molar-refractivity contribution in [2.24, 2.45) is 7.05 Å². The first-order valence-electron chi connectivity index (χ1n) is 8.38. The van der Waals surface area contributed by atoms with E-state index in [-0.39, 0.29) is 11.8 Å². The molecule has 0 radical (unpaired) electrons. The number of aryl methyl sites for hydroxylation is 1. The molecule has 1 aromatic carbocycles. The number of hydrogen-bond donors (Lipinski definition) is 1. The molecule has 0 aliphatic carbocycles. The van der Waals surface area contributed by atoms with Crippen LogP contribution in [-0.2, 0) is 21.4 Å². The third kappa shape index (κ3) is 3.78. The second-order valence-electron chi connectivity index (χ2n) is 6.16. The summed E-state index contributed by atoms with van der Waals surface area (Å²) < 4.78 is 7.02. The number of esters is 1. The zero-order valence-electron chi connectivity index (χ0n) is 14.8. The first kappa shape index (κ1) is 18.0. The molecular formula is C19H26N2O3. The summed E-state index contributed by atoms with van der Waals surface area (Å²) in [7, 11) is 3.35. The maximum Gasteiger partial charge on any atom is 0.329 e. The van der Waals surface area contributed by atoms with E-state index in [4.69, 9.17) is 4.74 Å². The zero-order valence-corrected chi connectivity index (χ0v) is 14.8. The van der Waals surface area contributed by atoms with E-state index in [1.807, 2.05) is 19.2 Å². The highest BCUT2D eigenvalue weighted by Crippen LogP contribution is 2.33. The third-order valence-corrected chi connectivity index (χ3v) is 4.41. The van der Waals surface area contributed by atoms with E-state index in [1.54, 1.807) is 0 Å². The number of methoxy groups -OCH3 is 1. The lowest BCUT2D eigenvalue weighted by Crippen LogP contribution is -2.44. The minimum Gasteiger partial charge on any atom is -0.467 e. The van der Waals surface area contributed by atoms with Crippen LogP contribution in [0.2, 0.25) is 0 Å². The number of carbonyl (C=O) groups is 2. The Balaban J connectivity index is 2.52. The van der Waals surface area contributed by atoms with E-state index < -0.39 is 12.0 Å². The second kappa shape index (κ2) is 7.99. The second-order valence-corrected chi connectivity index (χ2v) is 6.16. The summed E-state index contributed by atoms with van der Waals surface area (Å²) in [6.07, 6.45) is 4.86. The first-order chi connectivity index (χ1) is 11.5. The first-order valence-corrected chi connectivity index (χ1v) is 8.38. The van der Waals surface area contributed by atoms with Crippen molar-refractivity contribution < 1.29 is 14.3 Å². The molecule has 130 valence electrons. The number of nitrogens with zero attached hydrogens (tertiary/aromatic N) is 1. The molecule has 1 aromatic heterocycles. The van der Waals surface area contributed by atoms with Gasteiger partial charge in [-0.25, -0.2) is 4.79 Å². The number of unbranched alkanes of at least 4 members (excludes halogenated alkanes) is 1. The van der Waals surface area contributed by atoms with Gasteiger partial charge in [0.25, 0.3) is 0 Å². The topological polar surface area (TPSA) is 60.3 Å². The van der Waals surface area contributed by atoms with Crippen molar-refractivity contribution in [1.29, 1.82) is 0 Å². The molecule has 0 spiro atoms. The van der Waals surface area contributed by atoms with Crippen molar-refractivity contribution >= 4 is 22.8 Å². The van der Waals surface area contributed by atoms with Gasteiger partial charge in [-0.15, -0.1) is 0 Å². The van der Waals surface area contributed by atoms with Crippen LogP contribution in [0.4, 0.5) is 0 Å². The van der Waals surface area contributed by atoms with Crippen molar-refractivity contribution in [3.8, 4) is 0 Å². The van der Waals surface area contributed by atoms with Gasteiger partial charge in [0.1, 0.15) is 6.04 Å². The number of amides is 1. The Kier molecular flexibility index (Phi) is 6.01. The molecule has 1 amide bonds. The Hall–Kier alpha value is -2.30. The molecule has 0 aliphatic rings. The van der Waals surface area contributed by atoms with Gasteiger partial charge in [0.15, 0.2) is 0 Å². The number of benzene rings is 1. The number of nitrogens with one attached hydrogen (secondary N) is 1. The van der Waals surface area contributed by atoms with Crippen LogP contribution < -0.4 is 5.32 Å². The van der Waals surface area contributed by atoms with Crippen molar-refractivity contribution in [3.63, 3.8) is 0 Å². The molecule has 2 aromatic rings. The van der Waals surface area contributed by atoms with Crippen LogP contribution in [-0.4, -0.2) is 29.6 Å². The maximum absolute atomic E-state index is 12.3. The molecule has 2 unspecified atom stereocenters. The molecule has 0 fully saturated rings. The Labute approximate surface area is 143 Å². The number of hydrogen-bond acceptors (Lipinski definition) is 3. The van der Waals surface area contributed by atoms with Crippen LogP contribution >= 0.6 is 0 Å². The minimum absolute atomic E-state index is 0.118. The van der Waals surface area contributed by atoms with Crippen LogP contribution in [0.15, 0.2) is 30.5 Å². The average molecular weight is 330 g/mol. The number of rotatable bonds is 7. The summed E-state index contributed by atoms with van der Waals surface area (Å²) in [4.78, 5) is 24.0. The number of fused-ring (bicyclic) bond motifs is 1. The van der Waals surface area contributed by atoms with Crippen LogP contribution in [0.25, 0.3) is 10.9 Å². The Morgan fingerprint density at radius 3 is 2.62 bits per heavy atom. The van der Waals surface area contributed by atoms with Gasteiger partial charge in [-0.3, -0.25) is 4.79 Å². The quantitative estimate of drug-likeness (QED) is 0.794. The standard InChI is InChI=1S/C19H26N2O3/c1-5-6-9-15(18(19(23)24-4)20-13(2)22)16-12-21(3)17-11-8-7-10-14(16)17/h7-8,10-12,15,18H,5-6,9H2,1-4H3,(H,20,22). The summed E-state index contributed by atoms with van der Waals surface area (Å²) >= 11 is 0. The highest BCUT2D eigenvalue weighted by atomic mass is 16.5. The monoisotopic (exact) mass is 330 g/mol. The smallest absolute Gasteiger partial charge is 0.329 e. The van der Waals surface area contributed by atoms with Gasteiger partial charge in [0.05, 0.1) is 7.11 Å². The number of ether oxygens (including phenoxy) is 1. The maximum atomic E-state index is 12.3. The van der Waals surface area contributed by atoms with Gasteiger partial charge in [-0.2, -0.15) is 0 Å². The molecule has 0 saturated heterocycles. The molecule has 1 heterocycles. The van der Waals surface area contributed by atoms with E-state index in [0.29, 0.717) is 0 Å². The van der Waals surface area contributed by atoms with Crippen molar-refractivity contribution in [2.45, 2.75) is 45.1 Å². The van der Waals surface area contributed by atoms with Crippen LogP contribution in [0.3, 0.4) is 0 Å². The lowest BCUT2D eigenvalue weighted by atomic mass is 9.86. The Morgan fingerprint density at radius 2 is 2.00 bits per heavy atom. The molecule has 0 bridgehead atoms. The summed E-state index contributed by atoms with van der Waals surface area (Å²) in [5.74, 6) is -0.751. The SMILES string of the molecule is CCCCC(c1cn(C)c2ccccc12)C(NC(C)=O)C(=O)OC. The van der Waals surface area contributed by atoms with Crippen LogP contribution in [0.1, 0.15) is 44.6 Å². The van der Waals surface area contributed by atoms with E-state index in [9.17, 15) is 9.59 Å². The van der Waals surface area contributed by atoms with E-state index >= 15 is 0 Å². The summed E-state index contributed by atoms with van der Waals surface area (Å²) in [6.45, 7) is 3.54. The van der Waals surface area contributed by atoms with Crippen LogP contribution in [0.5, 0.6) is 0 Å². The molecule has 5 nitrogen and oxygen atoms in total. The van der Waals surface area contributed by atoms with E-state index in [1.165, 1.54) is 14.0 Å². The van der Waals surface area contributed by atoms with Gasteiger partial charge >= 0.3 is 5.97 Å². The minimum atomic E-state index is -0.676. The zero-order chi connectivity index (χ0) is 17.7. The van der Waals surface area contributed by atoms with Crippen molar-refractivity contribution in [2.75, 3.05) is 7.11 Å². The normalized spacial score (nSPS) is 13.5. The van der Waals surface area contributed by atoms with Crippen LogP contribution in [0, 0.1) is 0 Å². The summed E-state index contributed by atoms with van der Waals surface area (Å²) in [6, 6.07) is 7.44. The van der Waals surface area contributed by atoms with E-state index in [2.05, 4.69) is 35.1 Å². The fourth-order valence-electron chi connectivity index (χ4n) is 3.26. The van der Waals surface area contributed by atoms with Gasteiger partial charge < -0.3 is 14.6 Å². The molecular weight excluding hydrogens is 304 g/mol. The molecule has 5 heteroatoms.